The molecule has 0 heterocycles. The Morgan fingerprint density at radius 3 is 2.05 bits per heavy atom. The first-order valence-electron chi connectivity index (χ1n) is 7.98. The van der Waals surface area contributed by atoms with Crippen molar-refractivity contribution >= 4 is 12.1 Å². The van der Waals surface area contributed by atoms with Gasteiger partial charge in [0.05, 0.1) is 0 Å². The van der Waals surface area contributed by atoms with Crippen LogP contribution >= 0.6 is 0 Å². The van der Waals surface area contributed by atoms with Crippen LogP contribution in [0.25, 0.3) is 0 Å². The van der Waals surface area contributed by atoms with Gasteiger partial charge in [0.15, 0.2) is 0 Å². The Balaban J connectivity index is 3.93. The molecule has 1 amide bonds. The van der Waals surface area contributed by atoms with Gasteiger partial charge in [-0.05, 0) is 27.2 Å². The molecule has 0 aliphatic rings. The van der Waals surface area contributed by atoms with Crippen molar-refractivity contribution in [3.63, 3.8) is 0 Å². The standard InChI is InChI=1S/C16H31NO4/c1-5-6-7-8-9-10-11-12-13(14(18)19)17-15(20)21-16(2,3)4/h13H,5-12H2,1-4H3,(H,17,20)(H,18,19)/t13-/m1/s1. The van der Waals surface area contributed by atoms with Crippen LogP contribution in [0.2, 0.25) is 0 Å². The number of carboxylic acids is 1. The number of ether oxygens (including phenoxy) is 1. The van der Waals surface area contributed by atoms with E-state index in [9.17, 15) is 9.59 Å². The average Bonchev–Trinajstić information content (AvgIpc) is 2.33. The highest BCUT2D eigenvalue weighted by Crippen LogP contribution is 2.11. The molecule has 0 aromatic rings. The third kappa shape index (κ3) is 12.2. The van der Waals surface area contributed by atoms with E-state index in [1.54, 1.807) is 20.8 Å². The fourth-order valence-corrected chi connectivity index (χ4v) is 2.01. The molecule has 0 saturated carbocycles. The summed E-state index contributed by atoms with van der Waals surface area (Å²) in [6.45, 7) is 7.43. The molecule has 2 N–H and O–H groups in total. The summed E-state index contributed by atoms with van der Waals surface area (Å²) in [7, 11) is 0. The first-order chi connectivity index (χ1) is 9.76. The van der Waals surface area contributed by atoms with Crippen molar-refractivity contribution in [3.8, 4) is 0 Å². The van der Waals surface area contributed by atoms with Gasteiger partial charge in [0.25, 0.3) is 0 Å². The Morgan fingerprint density at radius 2 is 1.57 bits per heavy atom. The zero-order valence-electron chi connectivity index (χ0n) is 13.9. The SMILES string of the molecule is CCCCCCCCC[C@@H](NC(=O)OC(C)(C)C)C(=O)O. The van der Waals surface area contributed by atoms with E-state index in [1.807, 2.05) is 0 Å². The van der Waals surface area contributed by atoms with Crippen molar-refractivity contribution in [1.82, 2.24) is 5.32 Å². The Labute approximate surface area is 128 Å². The molecule has 1 atom stereocenters. The van der Waals surface area contributed by atoms with Crippen LogP contribution < -0.4 is 5.32 Å². The van der Waals surface area contributed by atoms with E-state index in [4.69, 9.17) is 9.84 Å². The van der Waals surface area contributed by atoms with Crippen LogP contribution in [0.4, 0.5) is 4.79 Å². The van der Waals surface area contributed by atoms with Gasteiger partial charge in [0.2, 0.25) is 0 Å². The number of alkyl carbamates (subject to hydrolysis) is 1. The van der Waals surface area contributed by atoms with Crippen LogP contribution in [-0.4, -0.2) is 28.8 Å². The fraction of sp³-hybridized carbons (Fsp3) is 0.875. The van der Waals surface area contributed by atoms with E-state index < -0.39 is 23.7 Å². The number of nitrogens with one attached hydrogen (secondary N) is 1. The number of carbonyl (C=O) groups is 2. The maximum absolute atomic E-state index is 11.6. The molecule has 0 aromatic carbocycles. The van der Waals surface area contributed by atoms with Crippen LogP contribution in [0.15, 0.2) is 0 Å². The number of hydrogen-bond acceptors (Lipinski definition) is 3. The van der Waals surface area contributed by atoms with Gasteiger partial charge < -0.3 is 15.2 Å². The summed E-state index contributed by atoms with van der Waals surface area (Å²) in [5, 5.41) is 11.5. The highest BCUT2D eigenvalue weighted by molar-refractivity contribution is 5.79. The Kier molecular flexibility index (Phi) is 9.84. The molecule has 0 aliphatic heterocycles. The van der Waals surface area contributed by atoms with Crippen molar-refractivity contribution in [2.45, 2.75) is 90.7 Å². The molecule has 0 unspecified atom stereocenters. The summed E-state index contributed by atoms with van der Waals surface area (Å²) in [6, 6.07) is -0.865. The predicted molar refractivity (Wildman–Crippen MR) is 83.4 cm³/mol. The topological polar surface area (TPSA) is 75.6 Å². The van der Waals surface area contributed by atoms with Gasteiger partial charge in [0, 0.05) is 0 Å². The molecule has 0 rings (SSSR count). The quantitative estimate of drug-likeness (QED) is 0.595. The highest BCUT2D eigenvalue weighted by atomic mass is 16.6. The zero-order chi connectivity index (χ0) is 16.3. The minimum absolute atomic E-state index is 0.447. The third-order valence-electron chi connectivity index (χ3n) is 3.09. The lowest BCUT2D eigenvalue weighted by atomic mass is 10.1. The molecule has 5 nitrogen and oxygen atoms in total. The Bertz CT molecular complexity index is 310. The first kappa shape index (κ1) is 19.7. The second-order valence-corrected chi connectivity index (χ2v) is 6.45. The number of carbonyl (C=O) groups excluding carboxylic acids is 1. The van der Waals surface area contributed by atoms with Gasteiger partial charge in [-0.25, -0.2) is 9.59 Å². The second kappa shape index (κ2) is 10.5. The number of rotatable bonds is 10. The second-order valence-electron chi connectivity index (χ2n) is 6.45. The van der Waals surface area contributed by atoms with E-state index in [0.29, 0.717) is 6.42 Å². The summed E-state index contributed by atoms with van der Waals surface area (Å²) in [6.07, 6.45) is 7.64. The van der Waals surface area contributed by atoms with E-state index in [2.05, 4.69) is 12.2 Å². The molecular formula is C16H31NO4. The fourth-order valence-electron chi connectivity index (χ4n) is 2.01. The van der Waals surface area contributed by atoms with Crippen LogP contribution in [-0.2, 0) is 9.53 Å². The molecule has 0 bridgehead atoms. The molecule has 124 valence electrons. The molecule has 0 saturated heterocycles. The van der Waals surface area contributed by atoms with Gasteiger partial charge in [-0.15, -0.1) is 0 Å². The van der Waals surface area contributed by atoms with Gasteiger partial charge >= 0.3 is 12.1 Å². The summed E-state index contributed by atoms with van der Waals surface area (Å²) in [5.41, 5.74) is -0.619. The third-order valence-corrected chi connectivity index (χ3v) is 3.09. The monoisotopic (exact) mass is 301 g/mol. The largest absolute Gasteiger partial charge is 0.480 e. The molecule has 0 aliphatic carbocycles. The molecule has 5 heteroatoms. The normalized spacial score (nSPS) is 12.8. The van der Waals surface area contributed by atoms with E-state index in [0.717, 1.165) is 19.3 Å². The lowest BCUT2D eigenvalue weighted by Gasteiger charge is -2.22. The van der Waals surface area contributed by atoms with Crippen LogP contribution in [0.1, 0.15) is 79.1 Å². The average molecular weight is 301 g/mol. The highest BCUT2D eigenvalue weighted by Gasteiger charge is 2.23. The number of unbranched alkanes of at least 4 members (excludes halogenated alkanes) is 6. The smallest absolute Gasteiger partial charge is 0.408 e. The summed E-state index contributed by atoms with van der Waals surface area (Å²) in [4.78, 5) is 22.7. The van der Waals surface area contributed by atoms with Crippen molar-refractivity contribution < 1.29 is 19.4 Å². The van der Waals surface area contributed by atoms with E-state index >= 15 is 0 Å². The van der Waals surface area contributed by atoms with Crippen LogP contribution in [0, 0.1) is 0 Å². The van der Waals surface area contributed by atoms with Crippen molar-refractivity contribution in [3.05, 3.63) is 0 Å². The summed E-state index contributed by atoms with van der Waals surface area (Å²) < 4.78 is 5.08. The van der Waals surface area contributed by atoms with Crippen LogP contribution in [0.3, 0.4) is 0 Å². The number of carboxylic acid groups (broad SMARTS) is 1. The van der Waals surface area contributed by atoms with Crippen LogP contribution in [0.5, 0.6) is 0 Å². The minimum atomic E-state index is -1.01. The number of amides is 1. The Morgan fingerprint density at radius 1 is 1.05 bits per heavy atom. The van der Waals surface area contributed by atoms with Crippen molar-refractivity contribution in [2.24, 2.45) is 0 Å². The molecule has 0 aromatic heterocycles. The van der Waals surface area contributed by atoms with Gasteiger partial charge in [-0.3, -0.25) is 0 Å². The molecule has 21 heavy (non-hydrogen) atoms. The van der Waals surface area contributed by atoms with Crippen molar-refractivity contribution in [2.75, 3.05) is 0 Å². The molecule has 0 spiro atoms. The maximum atomic E-state index is 11.6. The molecule has 0 fully saturated rings. The van der Waals surface area contributed by atoms with Gasteiger partial charge in [0.1, 0.15) is 11.6 Å². The maximum Gasteiger partial charge on any atom is 0.408 e. The lowest BCUT2D eigenvalue weighted by Crippen LogP contribution is -2.43. The molecule has 0 radical (unpaired) electrons. The summed E-state index contributed by atoms with van der Waals surface area (Å²) >= 11 is 0. The Hall–Kier alpha value is -1.26. The summed E-state index contributed by atoms with van der Waals surface area (Å²) in [5.74, 6) is -1.01. The first-order valence-corrected chi connectivity index (χ1v) is 7.98. The van der Waals surface area contributed by atoms with E-state index in [1.165, 1.54) is 25.7 Å². The number of aliphatic carboxylic acids is 1. The predicted octanol–water partition coefficient (Wildman–Crippen LogP) is 4.11. The van der Waals surface area contributed by atoms with Gasteiger partial charge in [-0.2, -0.15) is 0 Å². The van der Waals surface area contributed by atoms with E-state index in [-0.39, 0.29) is 0 Å². The van der Waals surface area contributed by atoms with Crippen molar-refractivity contribution in [1.29, 1.82) is 0 Å². The zero-order valence-corrected chi connectivity index (χ0v) is 13.9. The number of hydrogen-bond donors (Lipinski definition) is 2. The lowest BCUT2D eigenvalue weighted by molar-refractivity contribution is -0.139. The minimum Gasteiger partial charge on any atom is -0.480 e. The van der Waals surface area contributed by atoms with Gasteiger partial charge in [-0.1, -0.05) is 51.9 Å². The molecular weight excluding hydrogens is 270 g/mol.